The van der Waals surface area contributed by atoms with Crippen molar-refractivity contribution in [1.82, 2.24) is 0 Å². The first-order valence-electron chi connectivity index (χ1n) is 3.94. The molecule has 0 heterocycles. The molecule has 11 heavy (non-hydrogen) atoms. The van der Waals surface area contributed by atoms with Crippen molar-refractivity contribution in [2.45, 2.75) is 43.9 Å². The van der Waals surface area contributed by atoms with E-state index in [2.05, 4.69) is 0 Å². The first kappa shape index (κ1) is 8.48. The van der Waals surface area contributed by atoms with Crippen LogP contribution in [0.1, 0.15) is 32.1 Å². The maximum Gasteiger partial charge on any atom is 0.151 e. The topological polar surface area (TPSA) is 44.0 Å². The fraction of sp³-hybridized carbons (Fsp3) is 0.875. The summed E-state index contributed by atoms with van der Waals surface area (Å²) >= 11 is 0. The molecule has 0 aromatic rings. The molecule has 1 aliphatic rings. The van der Waals surface area contributed by atoms with Crippen LogP contribution in [0, 0.1) is 11.3 Å². The predicted molar refractivity (Wildman–Crippen MR) is 38.5 cm³/mol. The third-order valence-electron chi connectivity index (χ3n) is 2.19. The van der Waals surface area contributed by atoms with Crippen molar-refractivity contribution >= 4 is 0 Å². The Bertz CT molecular complexity index is 177. The van der Waals surface area contributed by atoms with Gasteiger partial charge in [0.25, 0.3) is 0 Å². The lowest BCUT2D eigenvalue weighted by Gasteiger charge is -2.15. The minimum Gasteiger partial charge on any atom is -0.375 e. The zero-order chi connectivity index (χ0) is 8.32. The highest BCUT2D eigenvalue weighted by Crippen LogP contribution is 2.27. The summed E-state index contributed by atoms with van der Waals surface area (Å²) in [7, 11) is 0. The number of nitrogens with zero attached hydrogens (tertiary/aromatic N) is 1. The third-order valence-corrected chi connectivity index (χ3v) is 2.19. The first-order valence-corrected chi connectivity index (χ1v) is 3.94. The SMILES string of the molecule is N#CC1(O)CCCC(F)CC1. The molecule has 0 aromatic heterocycles. The molecule has 0 saturated heterocycles. The maximum absolute atomic E-state index is 12.7. The highest BCUT2D eigenvalue weighted by Gasteiger charge is 2.30. The van der Waals surface area contributed by atoms with Gasteiger partial charge in [-0.05, 0) is 32.1 Å². The number of rotatable bonds is 0. The van der Waals surface area contributed by atoms with Crippen LogP contribution in [0.15, 0.2) is 0 Å². The van der Waals surface area contributed by atoms with Gasteiger partial charge in [0.15, 0.2) is 5.60 Å². The fourth-order valence-electron chi connectivity index (χ4n) is 1.39. The molecule has 2 unspecified atom stereocenters. The van der Waals surface area contributed by atoms with E-state index in [4.69, 9.17) is 5.26 Å². The number of hydrogen-bond acceptors (Lipinski definition) is 2. The summed E-state index contributed by atoms with van der Waals surface area (Å²) in [4.78, 5) is 0. The number of aliphatic hydroxyl groups is 1. The van der Waals surface area contributed by atoms with E-state index < -0.39 is 11.8 Å². The van der Waals surface area contributed by atoms with E-state index in [1.54, 1.807) is 0 Å². The lowest BCUT2D eigenvalue weighted by molar-refractivity contribution is 0.0804. The van der Waals surface area contributed by atoms with Crippen molar-refractivity contribution in [1.29, 1.82) is 5.26 Å². The van der Waals surface area contributed by atoms with Gasteiger partial charge in [-0.2, -0.15) is 5.26 Å². The Hall–Kier alpha value is -0.620. The molecule has 1 aliphatic carbocycles. The average molecular weight is 157 g/mol. The van der Waals surface area contributed by atoms with Crippen LogP contribution in [0.3, 0.4) is 0 Å². The second-order valence-electron chi connectivity index (χ2n) is 3.17. The summed E-state index contributed by atoms with van der Waals surface area (Å²) < 4.78 is 12.7. The van der Waals surface area contributed by atoms with Crippen molar-refractivity contribution < 1.29 is 9.50 Å². The molecule has 1 fully saturated rings. The van der Waals surface area contributed by atoms with Gasteiger partial charge in [-0.25, -0.2) is 4.39 Å². The van der Waals surface area contributed by atoms with Gasteiger partial charge in [-0.1, -0.05) is 0 Å². The number of hydrogen-bond donors (Lipinski definition) is 1. The molecule has 0 spiro atoms. The van der Waals surface area contributed by atoms with E-state index in [1.165, 1.54) is 0 Å². The van der Waals surface area contributed by atoms with Crippen molar-refractivity contribution in [3.05, 3.63) is 0 Å². The average Bonchev–Trinajstić information content (AvgIpc) is 2.15. The lowest BCUT2D eigenvalue weighted by Crippen LogP contribution is -2.24. The number of halogens is 1. The molecule has 0 aliphatic heterocycles. The minimum absolute atomic E-state index is 0.282. The summed E-state index contributed by atoms with van der Waals surface area (Å²) in [5, 5.41) is 18.0. The highest BCUT2D eigenvalue weighted by molar-refractivity contribution is 5.01. The van der Waals surface area contributed by atoms with Gasteiger partial charge < -0.3 is 5.11 Å². The Morgan fingerprint density at radius 1 is 1.45 bits per heavy atom. The Morgan fingerprint density at radius 3 is 2.82 bits per heavy atom. The molecule has 0 radical (unpaired) electrons. The molecule has 0 amide bonds. The second-order valence-corrected chi connectivity index (χ2v) is 3.17. The van der Waals surface area contributed by atoms with Crippen molar-refractivity contribution in [3.63, 3.8) is 0 Å². The van der Waals surface area contributed by atoms with Gasteiger partial charge >= 0.3 is 0 Å². The molecule has 1 N–H and O–H groups in total. The summed E-state index contributed by atoms with van der Waals surface area (Å²) in [5.41, 5.74) is -1.25. The Labute approximate surface area is 65.6 Å². The van der Waals surface area contributed by atoms with E-state index >= 15 is 0 Å². The molecule has 2 nitrogen and oxygen atoms in total. The van der Waals surface area contributed by atoms with E-state index in [1.807, 2.05) is 6.07 Å². The van der Waals surface area contributed by atoms with E-state index in [-0.39, 0.29) is 6.42 Å². The van der Waals surface area contributed by atoms with Crippen LogP contribution < -0.4 is 0 Å². The van der Waals surface area contributed by atoms with Gasteiger partial charge in [0.05, 0.1) is 6.07 Å². The quantitative estimate of drug-likeness (QED) is 0.428. The van der Waals surface area contributed by atoms with Crippen LogP contribution in [0.2, 0.25) is 0 Å². The van der Waals surface area contributed by atoms with Crippen molar-refractivity contribution in [3.8, 4) is 6.07 Å². The second kappa shape index (κ2) is 3.19. The minimum atomic E-state index is -1.25. The molecule has 3 heteroatoms. The molecular weight excluding hydrogens is 145 g/mol. The van der Waals surface area contributed by atoms with Gasteiger partial charge in [0.2, 0.25) is 0 Å². The van der Waals surface area contributed by atoms with Crippen LogP contribution in [-0.2, 0) is 0 Å². The Kier molecular flexibility index (Phi) is 2.45. The smallest absolute Gasteiger partial charge is 0.151 e. The zero-order valence-corrected chi connectivity index (χ0v) is 6.39. The van der Waals surface area contributed by atoms with Crippen LogP contribution >= 0.6 is 0 Å². The first-order chi connectivity index (χ1) is 5.16. The number of nitriles is 1. The van der Waals surface area contributed by atoms with E-state index in [0.717, 1.165) is 0 Å². The van der Waals surface area contributed by atoms with Gasteiger partial charge in [-0.15, -0.1) is 0 Å². The molecule has 1 rings (SSSR count). The van der Waals surface area contributed by atoms with Crippen LogP contribution in [0.5, 0.6) is 0 Å². The van der Waals surface area contributed by atoms with E-state index in [0.29, 0.717) is 25.7 Å². The molecule has 0 aromatic carbocycles. The summed E-state index contributed by atoms with van der Waals surface area (Å²) in [6.07, 6.45) is 1.31. The van der Waals surface area contributed by atoms with Crippen LogP contribution in [0.4, 0.5) is 4.39 Å². The summed E-state index contributed by atoms with van der Waals surface area (Å²) in [5.74, 6) is 0. The molecule has 0 bridgehead atoms. The molecule has 2 atom stereocenters. The normalized spacial score (nSPS) is 39.2. The monoisotopic (exact) mass is 157 g/mol. The van der Waals surface area contributed by atoms with Crippen LogP contribution in [-0.4, -0.2) is 16.9 Å². The van der Waals surface area contributed by atoms with Gasteiger partial charge in [0.1, 0.15) is 6.17 Å². The highest BCUT2D eigenvalue weighted by atomic mass is 19.1. The zero-order valence-electron chi connectivity index (χ0n) is 6.39. The van der Waals surface area contributed by atoms with Crippen molar-refractivity contribution in [2.24, 2.45) is 0 Å². The molecule has 62 valence electrons. The largest absolute Gasteiger partial charge is 0.375 e. The standard InChI is InChI=1S/C8H12FNO/c9-7-2-1-4-8(11,6-10)5-3-7/h7,11H,1-5H2. The van der Waals surface area contributed by atoms with Crippen molar-refractivity contribution in [2.75, 3.05) is 0 Å². The third kappa shape index (κ3) is 2.16. The molecular formula is C8H12FNO. The maximum atomic E-state index is 12.7. The summed E-state index contributed by atoms with van der Waals surface area (Å²) in [6.45, 7) is 0. The van der Waals surface area contributed by atoms with Gasteiger partial charge in [-0.3, -0.25) is 0 Å². The Morgan fingerprint density at radius 2 is 2.18 bits per heavy atom. The number of alkyl halides is 1. The lowest BCUT2D eigenvalue weighted by atomic mass is 9.97. The van der Waals surface area contributed by atoms with Crippen LogP contribution in [0.25, 0.3) is 0 Å². The summed E-state index contributed by atoms with van der Waals surface area (Å²) in [6, 6.07) is 1.83. The molecule has 1 saturated carbocycles. The Balaban J connectivity index is 2.54. The van der Waals surface area contributed by atoms with Gasteiger partial charge in [0, 0.05) is 0 Å². The van der Waals surface area contributed by atoms with E-state index in [9.17, 15) is 9.50 Å². The fourth-order valence-corrected chi connectivity index (χ4v) is 1.39. The predicted octanol–water partition coefficient (Wildman–Crippen LogP) is 1.54.